The molecule has 0 aliphatic carbocycles. The first-order valence-electron chi connectivity index (χ1n) is 11.1. The predicted octanol–water partition coefficient (Wildman–Crippen LogP) is 3.32. The summed E-state index contributed by atoms with van der Waals surface area (Å²) in [7, 11) is 1.48. The van der Waals surface area contributed by atoms with Crippen molar-refractivity contribution in [1.82, 2.24) is 39.7 Å². The van der Waals surface area contributed by atoms with Crippen molar-refractivity contribution in [2.75, 3.05) is 13.7 Å². The SMILES string of the molecule is COc1ccc(-c2nnc(C(=O)N3CCc4[nH]cnc4C3c3cc4cccc(C(F)(F)F)n4n3)o2)cn1. The van der Waals surface area contributed by atoms with Crippen molar-refractivity contribution in [1.29, 1.82) is 0 Å². The minimum absolute atomic E-state index is 0.0788. The summed E-state index contributed by atoms with van der Waals surface area (Å²) in [5.74, 6) is -0.414. The molecule has 0 saturated heterocycles. The predicted molar refractivity (Wildman–Crippen MR) is 119 cm³/mol. The number of carbonyl (C=O) groups excluding carboxylic acids is 1. The molecule has 0 bridgehead atoms. The number of nitrogens with zero attached hydrogens (tertiary/aromatic N) is 7. The third-order valence-electron chi connectivity index (χ3n) is 6.06. The summed E-state index contributed by atoms with van der Waals surface area (Å²) < 4.78 is 52.3. The summed E-state index contributed by atoms with van der Waals surface area (Å²) in [6.45, 7) is 0.223. The molecule has 0 spiro atoms. The summed E-state index contributed by atoms with van der Waals surface area (Å²) in [5, 5.41) is 12.1. The Hall–Kier alpha value is -4.75. The van der Waals surface area contributed by atoms with E-state index in [0.717, 1.165) is 16.3 Å². The summed E-state index contributed by atoms with van der Waals surface area (Å²) in [6, 6.07) is 7.66. The van der Waals surface area contributed by atoms with Gasteiger partial charge in [0.05, 0.1) is 35.9 Å². The van der Waals surface area contributed by atoms with E-state index in [4.69, 9.17) is 9.15 Å². The Morgan fingerprint density at radius 3 is 2.81 bits per heavy atom. The molecule has 0 radical (unpaired) electrons. The van der Waals surface area contributed by atoms with Crippen LogP contribution < -0.4 is 4.74 Å². The minimum atomic E-state index is -4.61. The van der Waals surface area contributed by atoms with Crippen molar-refractivity contribution in [2.45, 2.75) is 18.6 Å². The second kappa shape index (κ2) is 8.43. The second-order valence-electron chi connectivity index (χ2n) is 8.23. The molecule has 1 N–H and O–H groups in total. The number of methoxy groups -OCH3 is 1. The number of aromatic amines is 1. The lowest BCUT2D eigenvalue weighted by Crippen LogP contribution is -2.41. The van der Waals surface area contributed by atoms with Gasteiger partial charge >= 0.3 is 18.0 Å². The van der Waals surface area contributed by atoms with E-state index in [1.165, 1.54) is 42.7 Å². The van der Waals surface area contributed by atoms with Gasteiger partial charge in [-0.25, -0.2) is 14.5 Å². The van der Waals surface area contributed by atoms with Crippen LogP contribution in [0.4, 0.5) is 13.2 Å². The topological polar surface area (TPSA) is 127 Å². The van der Waals surface area contributed by atoms with E-state index in [2.05, 4.69) is 30.2 Å². The molecule has 14 heteroatoms. The Kier molecular flexibility index (Phi) is 5.17. The van der Waals surface area contributed by atoms with Crippen molar-refractivity contribution < 1.29 is 27.1 Å². The highest BCUT2D eigenvalue weighted by Gasteiger charge is 2.39. The lowest BCUT2D eigenvalue weighted by molar-refractivity contribution is -0.142. The number of alkyl halides is 3. The number of pyridine rings is 2. The summed E-state index contributed by atoms with van der Waals surface area (Å²) in [4.78, 5) is 26.4. The summed E-state index contributed by atoms with van der Waals surface area (Å²) in [6.07, 6.45) is -1.22. The van der Waals surface area contributed by atoms with Gasteiger partial charge in [-0.05, 0) is 24.3 Å². The normalized spacial score (nSPS) is 15.7. The van der Waals surface area contributed by atoms with Crippen molar-refractivity contribution >= 4 is 11.4 Å². The lowest BCUT2D eigenvalue weighted by atomic mass is 9.99. The van der Waals surface area contributed by atoms with Crippen LogP contribution in [0.25, 0.3) is 17.0 Å². The van der Waals surface area contributed by atoms with E-state index in [1.807, 2.05) is 0 Å². The van der Waals surface area contributed by atoms with Gasteiger partial charge in [-0.3, -0.25) is 4.79 Å². The summed E-state index contributed by atoms with van der Waals surface area (Å²) >= 11 is 0. The molecule has 1 unspecified atom stereocenters. The zero-order valence-corrected chi connectivity index (χ0v) is 19.1. The molecule has 0 saturated carbocycles. The van der Waals surface area contributed by atoms with Crippen molar-refractivity contribution in [3.8, 4) is 17.3 Å². The zero-order valence-electron chi connectivity index (χ0n) is 19.1. The Bertz CT molecular complexity index is 1610. The largest absolute Gasteiger partial charge is 0.481 e. The minimum Gasteiger partial charge on any atom is -0.481 e. The molecule has 0 aromatic carbocycles. The van der Waals surface area contributed by atoms with Crippen LogP contribution in [0.3, 0.4) is 0 Å². The zero-order chi connectivity index (χ0) is 25.7. The smallest absolute Gasteiger partial charge is 0.433 e. The molecule has 1 aliphatic rings. The highest BCUT2D eigenvalue weighted by Crippen LogP contribution is 2.36. The number of ether oxygens (including phenoxy) is 1. The van der Waals surface area contributed by atoms with Crippen molar-refractivity contribution in [3.63, 3.8) is 0 Å². The number of carbonyl (C=O) groups is 1. The molecule has 5 aromatic rings. The van der Waals surface area contributed by atoms with Crippen LogP contribution in [-0.2, 0) is 12.6 Å². The van der Waals surface area contributed by atoms with Crippen LogP contribution in [0.2, 0.25) is 0 Å². The number of fused-ring (bicyclic) bond motifs is 2. The molecule has 1 amide bonds. The molecule has 37 heavy (non-hydrogen) atoms. The van der Waals surface area contributed by atoms with Gasteiger partial charge in [0.2, 0.25) is 11.8 Å². The quantitative estimate of drug-likeness (QED) is 0.390. The molecular formula is C23H17F3N8O3. The fourth-order valence-electron chi connectivity index (χ4n) is 4.35. The van der Waals surface area contributed by atoms with Gasteiger partial charge in [0.25, 0.3) is 0 Å². The van der Waals surface area contributed by atoms with Crippen LogP contribution >= 0.6 is 0 Å². The van der Waals surface area contributed by atoms with E-state index in [-0.39, 0.29) is 29.5 Å². The maximum absolute atomic E-state index is 13.6. The van der Waals surface area contributed by atoms with Gasteiger partial charge < -0.3 is 19.0 Å². The van der Waals surface area contributed by atoms with Crippen molar-refractivity contribution in [2.24, 2.45) is 0 Å². The fourth-order valence-corrected chi connectivity index (χ4v) is 4.35. The number of nitrogens with one attached hydrogen (secondary N) is 1. The first kappa shape index (κ1) is 22.7. The average Bonchev–Trinajstić information content (AvgIpc) is 3.66. The first-order chi connectivity index (χ1) is 17.8. The molecule has 188 valence electrons. The maximum Gasteiger partial charge on any atom is 0.433 e. The number of aromatic nitrogens is 7. The van der Waals surface area contributed by atoms with E-state index >= 15 is 0 Å². The molecule has 0 fully saturated rings. The molecule has 1 aliphatic heterocycles. The Morgan fingerprint density at radius 2 is 2.05 bits per heavy atom. The Labute approximate surface area is 205 Å². The number of imidazole rings is 1. The number of halogens is 3. The Morgan fingerprint density at radius 1 is 1.19 bits per heavy atom. The fraction of sp³-hybridized carbons (Fsp3) is 0.217. The first-order valence-corrected chi connectivity index (χ1v) is 11.1. The number of hydrogen-bond donors (Lipinski definition) is 1. The lowest BCUT2D eigenvalue weighted by Gasteiger charge is -2.32. The van der Waals surface area contributed by atoms with Gasteiger partial charge in [0.15, 0.2) is 0 Å². The third-order valence-corrected chi connectivity index (χ3v) is 6.06. The monoisotopic (exact) mass is 510 g/mol. The highest BCUT2D eigenvalue weighted by molar-refractivity contribution is 5.90. The number of H-pyrrole nitrogens is 1. The van der Waals surface area contributed by atoms with Gasteiger partial charge in [-0.2, -0.15) is 18.3 Å². The van der Waals surface area contributed by atoms with E-state index in [0.29, 0.717) is 23.6 Å². The third kappa shape index (κ3) is 3.86. The number of hydrogen-bond acceptors (Lipinski definition) is 8. The maximum atomic E-state index is 13.6. The number of amides is 1. The second-order valence-corrected chi connectivity index (χ2v) is 8.23. The average molecular weight is 510 g/mol. The van der Waals surface area contributed by atoms with Gasteiger partial charge in [0, 0.05) is 30.9 Å². The highest BCUT2D eigenvalue weighted by atomic mass is 19.4. The van der Waals surface area contributed by atoms with Crippen LogP contribution in [-0.4, -0.2) is 59.2 Å². The number of rotatable bonds is 4. The van der Waals surface area contributed by atoms with Crippen molar-refractivity contribution in [3.05, 3.63) is 77.6 Å². The molecule has 1 atom stereocenters. The van der Waals surface area contributed by atoms with Crippen LogP contribution in [0, 0.1) is 0 Å². The molecule has 11 nitrogen and oxygen atoms in total. The van der Waals surface area contributed by atoms with Crippen LogP contribution in [0.5, 0.6) is 5.88 Å². The standard InChI is InChI=1S/C23H17F3N8O3/c1-36-17-6-5-12(10-27-17)20-30-31-21(37-20)22(35)33-8-7-14-18(29-11-28-14)19(33)15-9-13-3-2-4-16(23(24,25)26)34(13)32-15/h2-6,9-11,19H,7-8H2,1H3,(H,28,29). The molecule has 6 heterocycles. The van der Waals surface area contributed by atoms with Crippen LogP contribution in [0.15, 0.2) is 53.3 Å². The van der Waals surface area contributed by atoms with Gasteiger partial charge in [-0.1, -0.05) is 6.07 Å². The van der Waals surface area contributed by atoms with E-state index in [9.17, 15) is 18.0 Å². The molecular weight excluding hydrogens is 493 g/mol. The van der Waals surface area contributed by atoms with E-state index < -0.39 is 23.8 Å². The Balaban J connectivity index is 1.39. The van der Waals surface area contributed by atoms with Gasteiger partial charge in [-0.15, -0.1) is 10.2 Å². The molecule has 5 aromatic heterocycles. The molecule has 6 rings (SSSR count). The van der Waals surface area contributed by atoms with E-state index in [1.54, 1.807) is 12.1 Å². The van der Waals surface area contributed by atoms with Gasteiger partial charge in [0.1, 0.15) is 11.7 Å². The summed E-state index contributed by atoms with van der Waals surface area (Å²) in [5.41, 5.74) is 1.25. The van der Waals surface area contributed by atoms with Crippen LogP contribution in [0.1, 0.15) is 39.5 Å².